The summed E-state index contributed by atoms with van der Waals surface area (Å²) in [5.41, 5.74) is 1.39. The highest BCUT2D eigenvalue weighted by Gasteiger charge is 2.29. The zero-order valence-electron chi connectivity index (χ0n) is 9.50. The molecule has 5 nitrogen and oxygen atoms in total. The molecule has 0 radical (unpaired) electrons. The molecule has 5 heteroatoms. The number of nitrogens with zero attached hydrogens (tertiary/aromatic N) is 4. The lowest BCUT2D eigenvalue weighted by molar-refractivity contribution is 0.117. The zero-order valence-corrected chi connectivity index (χ0v) is 9.50. The standard InChI is InChI=1S/C12H12N4O/c1-8-10(4-5-17-8)12-15-14-11-3-2-9(6-13)7-16(11)12/h2-3,7-8,10H,4-5H2,1H3. The maximum atomic E-state index is 8.91. The predicted octanol–water partition coefficient (Wildman–Crippen LogP) is 1.49. The van der Waals surface area contributed by atoms with Crippen LogP contribution in [0.4, 0.5) is 0 Å². The van der Waals surface area contributed by atoms with Gasteiger partial charge in [-0.15, -0.1) is 10.2 Å². The molecule has 17 heavy (non-hydrogen) atoms. The number of pyridine rings is 1. The second kappa shape index (κ2) is 3.82. The van der Waals surface area contributed by atoms with Gasteiger partial charge in [-0.1, -0.05) is 0 Å². The van der Waals surface area contributed by atoms with Crippen LogP contribution in [0.15, 0.2) is 18.3 Å². The van der Waals surface area contributed by atoms with E-state index in [4.69, 9.17) is 10.00 Å². The first kappa shape index (κ1) is 10.2. The van der Waals surface area contributed by atoms with Gasteiger partial charge in [0.25, 0.3) is 0 Å². The summed E-state index contributed by atoms with van der Waals surface area (Å²) in [5.74, 6) is 1.15. The van der Waals surface area contributed by atoms with Crippen LogP contribution in [0.5, 0.6) is 0 Å². The molecule has 0 bridgehead atoms. The zero-order chi connectivity index (χ0) is 11.8. The van der Waals surface area contributed by atoms with Gasteiger partial charge in [0, 0.05) is 18.7 Å². The highest BCUT2D eigenvalue weighted by molar-refractivity contribution is 5.43. The topological polar surface area (TPSA) is 63.2 Å². The Labute approximate surface area is 98.6 Å². The average molecular weight is 228 g/mol. The fourth-order valence-electron chi connectivity index (χ4n) is 2.30. The van der Waals surface area contributed by atoms with Gasteiger partial charge < -0.3 is 4.74 Å². The second-order valence-electron chi connectivity index (χ2n) is 4.29. The molecule has 2 aromatic rings. The van der Waals surface area contributed by atoms with Crippen LogP contribution in [0.3, 0.4) is 0 Å². The van der Waals surface area contributed by atoms with Crippen LogP contribution < -0.4 is 0 Å². The quantitative estimate of drug-likeness (QED) is 0.741. The number of nitriles is 1. The Morgan fingerprint density at radius 1 is 1.47 bits per heavy atom. The van der Waals surface area contributed by atoms with Crippen LogP contribution in [0.25, 0.3) is 5.65 Å². The van der Waals surface area contributed by atoms with Crippen LogP contribution in [-0.2, 0) is 4.74 Å². The monoisotopic (exact) mass is 228 g/mol. The molecule has 1 fully saturated rings. The van der Waals surface area contributed by atoms with Gasteiger partial charge in [-0.3, -0.25) is 4.40 Å². The molecule has 86 valence electrons. The number of ether oxygens (including phenoxy) is 1. The third-order valence-electron chi connectivity index (χ3n) is 3.27. The number of hydrogen-bond donors (Lipinski definition) is 0. The minimum absolute atomic E-state index is 0.160. The molecule has 2 aromatic heterocycles. The van der Waals surface area contributed by atoms with Crippen LogP contribution in [0, 0.1) is 11.3 Å². The van der Waals surface area contributed by atoms with Crippen molar-refractivity contribution >= 4 is 5.65 Å². The van der Waals surface area contributed by atoms with E-state index in [1.54, 1.807) is 12.3 Å². The van der Waals surface area contributed by atoms with Gasteiger partial charge >= 0.3 is 0 Å². The summed E-state index contributed by atoms with van der Waals surface area (Å²) in [6, 6.07) is 5.70. The van der Waals surface area contributed by atoms with Crippen LogP contribution >= 0.6 is 0 Å². The maximum Gasteiger partial charge on any atom is 0.160 e. The van der Waals surface area contributed by atoms with E-state index in [-0.39, 0.29) is 12.0 Å². The van der Waals surface area contributed by atoms with Gasteiger partial charge in [0.1, 0.15) is 11.9 Å². The van der Waals surface area contributed by atoms with Gasteiger partial charge in [-0.2, -0.15) is 5.26 Å². The average Bonchev–Trinajstić information content (AvgIpc) is 2.94. The summed E-state index contributed by atoms with van der Waals surface area (Å²) in [6.45, 7) is 2.81. The minimum atomic E-state index is 0.160. The fraction of sp³-hybridized carbons (Fsp3) is 0.417. The Morgan fingerprint density at radius 3 is 3.06 bits per heavy atom. The molecule has 1 aliphatic rings. The van der Waals surface area contributed by atoms with E-state index in [1.807, 2.05) is 17.4 Å². The normalized spacial score (nSPS) is 24.0. The number of rotatable bonds is 1. The Kier molecular flexibility index (Phi) is 2.30. The summed E-state index contributed by atoms with van der Waals surface area (Å²) in [5, 5.41) is 17.3. The summed E-state index contributed by atoms with van der Waals surface area (Å²) >= 11 is 0. The number of fused-ring (bicyclic) bond motifs is 1. The van der Waals surface area contributed by atoms with E-state index in [2.05, 4.69) is 16.3 Å². The fourth-order valence-corrected chi connectivity index (χ4v) is 2.30. The molecule has 3 rings (SSSR count). The van der Waals surface area contributed by atoms with E-state index in [1.165, 1.54) is 0 Å². The summed E-state index contributed by atoms with van der Waals surface area (Å²) < 4.78 is 7.45. The Morgan fingerprint density at radius 2 is 2.35 bits per heavy atom. The molecule has 0 N–H and O–H groups in total. The van der Waals surface area contributed by atoms with Gasteiger partial charge in [0.15, 0.2) is 5.65 Å². The van der Waals surface area contributed by atoms with Crippen molar-refractivity contribution in [1.82, 2.24) is 14.6 Å². The van der Waals surface area contributed by atoms with Crippen LogP contribution in [0.2, 0.25) is 0 Å². The smallest absolute Gasteiger partial charge is 0.160 e. The molecule has 1 aliphatic heterocycles. The first-order valence-electron chi connectivity index (χ1n) is 5.66. The lowest BCUT2D eigenvalue weighted by Gasteiger charge is -2.11. The van der Waals surface area contributed by atoms with Gasteiger partial charge in [0.2, 0.25) is 0 Å². The van der Waals surface area contributed by atoms with Crippen molar-refractivity contribution in [2.24, 2.45) is 0 Å². The lowest BCUT2D eigenvalue weighted by atomic mass is 10.0. The second-order valence-corrected chi connectivity index (χ2v) is 4.29. The van der Waals surface area contributed by atoms with E-state index in [0.717, 1.165) is 24.5 Å². The minimum Gasteiger partial charge on any atom is -0.378 e. The summed E-state index contributed by atoms with van der Waals surface area (Å²) in [4.78, 5) is 0. The number of aromatic nitrogens is 3. The Balaban J connectivity index is 2.13. The molecule has 0 saturated carbocycles. The SMILES string of the molecule is CC1OCCC1c1nnc2ccc(C#N)cn12. The van der Waals surface area contributed by atoms with Crippen molar-refractivity contribution in [3.63, 3.8) is 0 Å². The predicted molar refractivity (Wildman–Crippen MR) is 60.5 cm³/mol. The molecule has 0 aliphatic carbocycles. The van der Waals surface area contributed by atoms with E-state index in [0.29, 0.717) is 5.56 Å². The summed E-state index contributed by atoms with van der Waals surface area (Å²) in [6.07, 6.45) is 2.90. The molecule has 0 aromatic carbocycles. The van der Waals surface area contributed by atoms with Crippen molar-refractivity contribution in [3.8, 4) is 6.07 Å². The van der Waals surface area contributed by atoms with Gasteiger partial charge in [-0.05, 0) is 25.5 Å². The van der Waals surface area contributed by atoms with Crippen LogP contribution in [-0.4, -0.2) is 27.3 Å². The van der Waals surface area contributed by atoms with Crippen LogP contribution in [0.1, 0.15) is 30.7 Å². The first-order valence-corrected chi connectivity index (χ1v) is 5.66. The van der Waals surface area contributed by atoms with Crippen molar-refractivity contribution in [3.05, 3.63) is 29.7 Å². The summed E-state index contributed by atoms with van der Waals surface area (Å²) in [7, 11) is 0. The molecule has 3 heterocycles. The highest BCUT2D eigenvalue weighted by atomic mass is 16.5. The molecule has 0 spiro atoms. The van der Waals surface area contributed by atoms with Crippen molar-refractivity contribution in [2.45, 2.75) is 25.4 Å². The third-order valence-corrected chi connectivity index (χ3v) is 3.27. The Hall–Kier alpha value is -1.93. The van der Waals surface area contributed by atoms with Crippen molar-refractivity contribution in [2.75, 3.05) is 6.61 Å². The lowest BCUT2D eigenvalue weighted by Crippen LogP contribution is -2.12. The molecule has 0 amide bonds. The number of hydrogen-bond acceptors (Lipinski definition) is 4. The molecule has 2 unspecified atom stereocenters. The highest BCUT2D eigenvalue weighted by Crippen LogP contribution is 2.30. The van der Waals surface area contributed by atoms with Gasteiger partial charge in [-0.25, -0.2) is 0 Å². The Bertz CT molecular complexity index is 598. The largest absolute Gasteiger partial charge is 0.378 e. The van der Waals surface area contributed by atoms with Crippen molar-refractivity contribution in [1.29, 1.82) is 5.26 Å². The molecule has 1 saturated heterocycles. The van der Waals surface area contributed by atoms with E-state index in [9.17, 15) is 0 Å². The third kappa shape index (κ3) is 1.58. The van der Waals surface area contributed by atoms with E-state index >= 15 is 0 Å². The molecular formula is C12H12N4O. The van der Waals surface area contributed by atoms with Gasteiger partial charge in [0.05, 0.1) is 11.7 Å². The molecular weight excluding hydrogens is 216 g/mol. The maximum absolute atomic E-state index is 8.91. The van der Waals surface area contributed by atoms with E-state index < -0.39 is 0 Å². The van der Waals surface area contributed by atoms with Crippen molar-refractivity contribution < 1.29 is 4.74 Å². The first-order chi connectivity index (χ1) is 8.29. The molecule has 2 atom stereocenters.